The van der Waals surface area contributed by atoms with Crippen molar-refractivity contribution in [1.82, 2.24) is 9.55 Å². The zero-order valence-corrected chi connectivity index (χ0v) is 18.0. The number of pyridine rings is 2. The predicted octanol–water partition coefficient (Wildman–Crippen LogP) is 2.84. The number of methoxy groups -OCH3 is 2. The van der Waals surface area contributed by atoms with Crippen molar-refractivity contribution in [2.75, 3.05) is 14.2 Å². The van der Waals surface area contributed by atoms with Gasteiger partial charge in [-0.1, -0.05) is 18.2 Å². The lowest BCUT2D eigenvalue weighted by atomic mass is 9.83. The van der Waals surface area contributed by atoms with Crippen molar-refractivity contribution in [3.8, 4) is 23.3 Å². The number of allylic oxidation sites excluding steroid dienone is 1. The number of aryl methyl sites for hydroxylation is 1. The maximum absolute atomic E-state index is 13.8. The van der Waals surface area contributed by atoms with Crippen LogP contribution in [0.2, 0.25) is 0 Å². The fourth-order valence-corrected chi connectivity index (χ4v) is 3.99. The first-order chi connectivity index (χ1) is 15.5. The van der Waals surface area contributed by atoms with Crippen LogP contribution in [0.25, 0.3) is 0 Å². The Bertz CT molecular complexity index is 1310. The summed E-state index contributed by atoms with van der Waals surface area (Å²) in [5.41, 5.74) is 8.26. The molecule has 3 heterocycles. The van der Waals surface area contributed by atoms with Gasteiger partial charge < -0.3 is 24.5 Å². The largest absolute Gasteiger partial charge is 0.493 e. The van der Waals surface area contributed by atoms with Crippen LogP contribution in [0.5, 0.6) is 17.2 Å². The molecule has 8 nitrogen and oxygen atoms in total. The summed E-state index contributed by atoms with van der Waals surface area (Å²) in [7, 11) is 3.04. The normalized spacial score (nSPS) is 14.9. The molecule has 1 atom stereocenters. The first-order valence-corrected chi connectivity index (χ1v) is 9.92. The number of hydrogen-bond donors (Lipinski definition) is 1. The first kappa shape index (κ1) is 21.0. The van der Waals surface area contributed by atoms with E-state index in [1.54, 1.807) is 35.0 Å². The van der Waals surface area contributed by atoms with Gasteiger partial charge in [0.2, 0.25) is 5.88 Å². The average molecular weight is 430 g/mol. The van der Waals surface area contributed by atoms with Crippen molar-refractivity contribution < 1.29 is 14.2 Å². The van der Waals surface area contributed by atoms with Crippen LogP contribution in [0.1, 0.15) is 28.4 Å². The molecule has 0 saturated heterocycles. The van der Waals surface area contributed by atoms with Crippen molar-refractivity contribution in [2.45, 2.75) is 19.4 Å². The molecule has 2 aromatic heterocycles. The van der Waals surface area contributed by atoms with Crippen LogP contribution >= 0.6 is 0 Å². The van der Waals surface area contributed by atoms with Gasteiger partial charge in [-0.05, 0) is 25.1 Å². The highest BCUT2D eigenvalue weighted by molar-refractivity contribution is 5.60. The smallest absolute Gasteiger partial charge is 0.259 e. The van der Waals surface area contributed by atoms with Crippen molar-refractivity contribution in [3.63, 3.8) is 0 Å². The number of fused-ring (bicyclic) bond motifs is 1. The molecule has 0 bridgehead atoms. The van der Waals surface area contributed by atoms with E-state index >= 15 is 0 Å². The highest BCUT2D eigenvalue weighted by Gasteiger charge is 2.36. The molecule has 0 radical (unpaired) electrons. The number of nitriles is 1. The van der Waals surface area contributed by atoms with Crippen molar-refractivity contribution >= 4 is 0 Å². The molecule has 1 aromatic carbocycles. The third-order valence-electron chi connectivity index (χ3n) is 5.48. The number of benzene rings is 1. The molecule has 2 N–H and O–H groups in total. The summed E-state index contributed by atoms with van der Waals surface area (Å²) in [6.07, 6.45) is 1.68. The Kier molecular flexibility index (Phi) is 5.56. The molecule has 1 aliphatic rings. The van der Waals surface area contributed by atoms with Crippen LogP contribution < -0.4 is 25.5 Å². The molecule has 32 heavy (non-hydrogen) atoms. The molecule has 1 aliphatic heterocycles. The molecule has 4 rings (SSSR count). The van der Waals surface area contributed by atoms with E-state index in [1.807, 2.05) is 25.1 Å². The highest BCUT2D eigenvalue weighted by atomic mass is 16.5. The number of para-hydroxylation sites is 1. The number of nitrogens with two attached hydrogens (primary N) is 1. The Morgan fingerprint density at radius 2 is 2.03 bits per heavy atom. The zero-order chi connectivity index (χ0) is 22.8. The molecule has 0 fully saturated rings. The zero-order valence-electron chi connectivity index (χ0n) is 18.0. The predicted molar refractivity (Wildman–Crippen MR) is 118 cm³/mol. The number of ether oxygens (including phenoxy) is 3. The Morgan fingerprint density at radius 3 is 2.69 bits per heavy atom. The standard InChI is InChI=1S/C24H22N4O4/c1-14-11-19-21(24(29)28(14)13-15-7-4-5-10-27-15)20(17(12-25)23(26)32-19)16-8-6-9-18(30-2)22(16)31-3/h4-11,20H,13,26H2,1-3H3/t20-/m0/s1. The van der Waals surface area contributed by atoms with Crippen molar-refractivity contribution in [2.24, 2.45) is 5.73 Å². The van der Waals surface area contributed by atoms with Gasteiger partial charge in [-0.15, -0.1) is 0 Å². The molecule has 0 unspecified atom stereocenters. The number of rotatable bonds is 5. The molecular weight excluding hydrogens is 408 g/mol. The fraction of sp³-hybridized carbons (Fsp3) is 0.208. The van der Waals surface area contributed by atoms with E-state index < -0.39 is 5.92 Å². The second-order valence-electron chi connectivity index (χ2n) is 7.28. The Balaban J connectivity index is 1.98. The van der Waals surface area contributed by atoms with E-state index in [9.17, 15) is 10.1 Å². The van der Waals surface area contributed by atoms with Crippen LogP contribution in [0.15, 0.2) is 64.9 Å². The van der Waals surface area contributed by atoms with E-state index in [1.165, 1.54) is 14.2 Å². The summed E-state index contributed by atoms with van der Waals surface area (Å²) in [6.45, 7) is 2.09. The van der Waals surface area contributed by atoms with Gasteiger partial charge in [-0.2, -0.15) is 5.26 Å². The van der Waals surface area contributed by atoms with Crippen LogP contribution in [0.3, 0.4) is 0 Å². The average Bonchev–Trinajstić information content (AvgIpc) is 2.81. The molecular formula is C24H22N4O4. The topological polar surface area (TPSA) is 112 Å². The van der Waals surface area contributed by atoms with Gasteiger partial charge >= 0.3 is 0 Å². The molecule has 162 valence electrons. The lowest BCUT2D eigenvalue weighted by Gasteiger charge is -2.28. The minimum Gasteiger partial charge on any atom is -0.493 e. The second kappa shape index (κ2) is 8.47. The van der Waals surface area contributed by atoms with Crippen molar-refractivity contribution in [1.29, 1.82) is 5.26 Å². The number of nitrogens with zero attached hydrogens (tertiary/aromatic N) is 3. The Morgan fingerprint density at radius 1 is 1.22 bits per heavy atom. The van der Waals surface area contributed by atoms with Gasteiger partial charge in [0, 0.05) is 23.5 Å². The van der Waals surface area contributed by atoms with Gasteiger partial charge in [0.1, 0.15) is 17.4 Å². The Labute approximate surface area is 185 Å². The summed E-state index contributed by atoms with van der Waals surface area (Å²) in [5, 5.41) is 9.90. The van der Waals surface area contributed by atoms with E-state index in [0.29, 0.717) is 34.1 Å². The Hall–Kier alpha value is -4.25. The molecule has 8 heteroatoms. The molecule has 0 spiro atoms. The third-order valence-corrected chi connectivity index (χ3v) is 5.48. The monoisotopic (exact) mass is 430 g/mol. The quantitative estimate of drug-likeness (QED) is 0.662. The van der Waals surface area contributed by atoms with Gasteiger partial charge in [-0.3, -0.25) is 9.78 Å². The third kappa shape index (κ3) is 3.44. The minimum atomic E-state index is -0.781. The molecule has 0 aliphatic carbocycles. The van der Waals surface area contributed by atoms with Crippen molar-refractivity contribution in [3.05, 3.63) is 93.0 Å². The molecule has 0 amide bonds. The van der Waals surface area contributed by atoms with E-state index in [0.717, 1.165) is 5.69 Å². The molecule has 0 saturated carbocycles. The summed E-state index contributed by atoms with van der Waals surface area (Å²) in [6, 6.07) is 14.7. The van der Waals surface area contributed by atoms with E-state index in [-0.39, 0.29) is 23.6 Å². The van der Waals surface area contributed by atoms with Crippen LogP contribution in [0, 0.1) is 18.3 Å². The summed E-state index contributed by atoms with van der Waals surface area (Å²) >= 11 is 0. The maximum atomic E-state index is 13.8. The highest BCUT2D eigenvalue weighted by Crippen LogP contribution is 2.46. The van der Waals surface area contributed by atoms with E-state index in [4.69, 9.17) is 19.9 Å². The summed E-state index contributed by atoms with van der Waals surface area (Å²) < 4.78 is 18.4. The van der Waals surface area contributed by atoms with Crippen LogP contribution in [-0.4, -0.2) is 23.8 Å². The van der Waals surface area contributed by atoms with Gasteiger partial charge in [-0.25, -0.2) is 0 Å². The summed E-state index contributed by atoms with van der Waals surface area (Å²) in [4.78, 5) is 18.1. The summed E-state index contributed by atoms with van der Waals surface area (Å²) in [5.74, 6) is 0.392. The minimum absolute atomic E-state index is 0.0452. The number of aromatic nitrogens is 2. The fourth-order valence-electron chi connectivity index (χ4n) is 3.99. The van der Waals surface area contributed by atoms with E-state index in [2.05, 4.69) is 11.1 Å². The lowest BCUT2D eigenvalue weighted by molar-refractivity contribution is 0.348. The SMILES string of the molecule is COc1cccc([C@H]2C(C#N)=C(N)Oc3cc(C)n(Cc4ccccn4)c(=O)c32)c1OC. The van der Waals surface area contributed by atoms with Gasteiger partial charge in [0.25, 0.3) is 5.56 Å². The lowest BCUT2D eigenvalue weighted by Crippen LogP contribution is -2.33. The maximum Gasteiger partial charge on any atom is 0.259 e. The first-order valence-electron chi connectivity index (χ1n) is 9.92. The van der Waals surface area contributed by atoms with Crippen LogP contribution in [-0.2, 0) is 6.54 Å². The second-order valence-corrected chi connectivity index (χ2v) is 7.28. The molecule has 3 aromatic rings. The number of hydrogen-bond acceptors (Lipinski definition) is 7. The van der Waals surface area contributed by atoms with Gasteiger partial charge in [0.05, 0.1) is 37.9 Å². The van der Waals surface area contributed by atoms with Crippen LogP contribution in [0.4, 0.5) is 0 Å². The van der Waals surface area contributed by atoms with Gasteiger partial charge in [0.15, 0.2) is 11.5 Å².